The van der Waals surface area contributed by atoms with Gasteiger partial charge in [-0.25, -0.2) is 17.8 Å². The summed E-state index contributed by atoms with van der Waals surface area (Å²) in [4.78, 5) is 3.94. The summed E-state index contributed by atoms with van der Waals surface area (Å²) in [7, 11) is -2.25. The molecule has 2 aromatic carbocycles. The summed E-state index contributed by atoms with van der Waals surface area (Å²) < 4.78 is 82.2. The number of alkyl halides is 3. The van der Waals surface area contributed by atoms with E-state index in [9.17, 15) is 26.0 Å². The van der Waals surface area contributed by atoms with E-state index in [1.807, 2.05) is 0 Å². The minimum absolute atomic E-state index is 0.0113. The Balaban J connectivity index is 1.61. The van der Waals surface area contributed by atoms with Crippen molar-refractivity contribution >= 4 is 21.6 Å². The van der Waals surface area contributed by atoms with Crippen LogP contribution in [-0.4, -0.2) is 41.4 Å². The van der Waals surface area contributed by atoms with Crippen molar-refractivity contribution in [2.75, 3.05) is 13.1 Å². The maximum absolute atomic E-state index is 13.5. The van der Waals surface area contributed by atoms with Crippen LogP contribution in [0.4, 0.5) is 17.6 Å². The van der Waals surface area contributed by atoms with E-state index in [0.717, 1.165) is 6.07 Å². The predicted molar refractivity (Wildman–Crippen MR) is 118 cm³/mol. The molecule has 0 amide bonds. The largest absolute Gasteiger partial charge is 0.417 e. The average Bonchev–Trinajstić information content (AvgIpc) is 3.40. The highest BCUT2D eigenvalue weighted by Gasteiger charge is 2.41. The number of aromatic nitrogens is 2. The van der Waals surface area contributed by atoms with E-state index < -0.39 is 38.6 Å². The molecule has 1 fully saturated rings. The number of nitrogens with one attached hydrogen (secondary N) is 1. The van der Waals surface area contributed by atoms with Crippen molar-refractivity contribution in [3.63, 3.8) is 0 Å². The molecular formula is C22H21ClF4N4O2S. The summed E-state index contributed by atoms with van der Waals surface area (Å²) in [5, 5.41) is 2.65. The minimum atomic E-state index is -4.59. The summed E-state index contributed by atoms with van der Waals surface area (Å²) in [6.45, 7) is 0.138. The number of hydrogen-bond donors (Lipinski definition) is 1. The number of benzene rings is 2. The molecule has 2 heterocycles. The van der Waals surface area contributed by atoms with E-state index in [-0.39, 0.29) is 36.1 Å². The molecule has 0 radical (unpaired) electrons. The molecule has 182 valence electrons. The van der Waals surface area contributed by atoms with Gasteiger partial charge >= 0.3 is 6.18 Å². The third-order valence-electron chi connectivity index (χ3n) is 5.81. The number of nitrogens with zero attached hydrogens (tertiary/aromatic N) is 3. The van der Waals surface area contributed by atoms with Gasteiger partial charge in [0.05, 0.1) is 16.9 Å². The van der Waals surface area contributed by atoms with E-state index >= 15 is 0 Å². The number of hydrogen-bond acceptors (Lipinski definition) is 4. The lowest BCUT2D eigenvalue weighted by atomic mass is 9.94. The lowest BCUT2D eigenvalue weighted by molar-refractivity contribution is -0.137. The van der Waals surface area contributed by atoms with E-state index in [0.29, 0.717) is 5.56 Å². The maximum Gasteiger partial charge on any atom is 0.417 e. The Kier molecular flexibility index (Phi) is 6.74. The lowest BCUT2D eigenvalue weighted by Crippen LogP contribution is -2.36. The molecule has 3 aromatic rings. The SMILES string of the molecule is Cn1cnc(S(=O)(=O)N2C[C@@H](NCc3cccc(C(F)(F)F)c3Cl)[C@H](c3ccc(F)cc3)C2)c1. The zero-order valence-corrected chi connectivity index (χ0v) is 19.5. The molecule has 12 heteroatoms. The molecule has 1 N–H and O–H groups in total. The Hall–Kier alpha value is -2.47. The number of rotatable bonds is 6. The molecule has 34 heavy (non-hydrogen) atoms. The predicted octanol–water partition coefficient (Wildman–Crippen LogP) is 4.18. The van der Waals surface area contributed by atoms with Gasteiger partial charge in [0.25, 0.3) is 10.0 Å². The van der Waals surface area contributed by atoms with Gasteiger partial charge in [-0.2, -0.15) is 17.5 Å². The van der Waals surface area contributed by atoms with Crippen molar-refractivity contribution in [3.8, 4) is 0 Å². The van der Waals surface area contributed by atoms with Gasteiger partial charge in [0.15, 0.2) is 5.03 Å². The monoisotopic (exact) mass is 516 g/mol. The number of imidazole rings is 1. The molecule has 1 saturated heterocycles. The second-order valence-corrected chi connectivity index (χ2v) is 10.4. The molecule has 0 saturated carbocycles. The highest BCUT2D eigenvalue weighted by molar-refractivity contribution is 7.89. The van der Waals surface area contributed by atoms with Crippen molar-refractivity contribution in [2.24, 2.45) is 7.05 Å². The van der Waals surface area contributed by atoms with Crippen LogP contribution in [-0.2, 0) is 29.8 Å². The van der Waals surface area contributed by atoms with Gasteiger partial charge in [-0.05, 0) is 29.3 Å². The second-order valence-electron chi connectivity index (χ2n) is 8.12. The highest BCUT2D eigenvalue weighted by atomic mass is 35.5. The Morgan fingerprint density at radius 2 is 1.85 bits per heavy atom. The van der Waals surface area contributed by atoms with Gasteiger partial charge in [-0.3, -0.25) is 0 Å². The van der Waals surface area contributed by atoms with E-state index in [1.165, 1.54) is 45.7 Å². The summed E-state index contributed by atoms with van der Waals surface area (Å²) >= 11 is 6.01. The Morgan fingerprint density at radius 3 is 2.47 bits per heavy atom. The quantitative estimate of drug-likeness (QED) is 0.499. The molecular weight excluding hydrogens is 496 g/mol. The summed E-state index contributed by atoms with van der Waals surface area (Å²) in [5.74, 6) is -0.802. The third-order valence-corrected chi connectivity index (χ3v) is 7.97. The summed E-state index contributed by atoms with van der Waals surface area (Å²) in [6, 6.07) is 8.91. The molecule has 0 bridgehead atoms. The highest BCUT2D eigenvalue weighted by Crippen LogP contribution is 2.37. The Labute approximate surface area is 199 Å². The molecule has 6 nitrogen and oxygen atoms in total. The van der Waals surface area contributed by atoms with Crippen LogP contribution >= 0.6 is 11.6 Å². The van der Waals surface area contributed by atoms with Gasteiger partial charge in [-0.15, -0.1) is 0 Å². The number of aryl methyl sites for hydroxylation is 1. The lowest BCUT2D eigenvalue weighted by Gasteiger charge is -2.21. The van der Waals surface area contributed by atoms with Crippen molar-refractivity contribution in [1.82, 2.24) is 19.2 Å². The normalized spacial score (nSPS) is 19.6. The smallest absolute Gasteiger partial charge is 0.339 e. The van der Waals surface area contributed by atoms with Crippen LogP contribution in [0.1, 0.15) is 22.6 Å². The Bertz CT molecular complexity index is 1280. The Morgan fingerprint density at radius 1 is 1.15 bits per heavy atom. The van der Waals surface area contributed by atoms with Gasteiger partial charge in [0, 0.05) is 44.8 Å². The van der Waals surface area contributed by atoms with Crippen LogP contribution in [0.25, 0.3) is 0 Å². The molecule has 2 atom stereocenters. The minimum Gasteiger partial charge on any atom is -0.339 e. The van der Waals surface area contributed by atoms with Gasteiger partial charge < -0.3 is 9.88 Å². The molecule has 0 unspecified atom stereocenters. The maximum atomic E-state index is 13.5. The zero-order valence-electron chi connectivity index (χ0n) is 17.9. The second kappa shape index (κ2) is 9.29. The van der Waals surface area contributed by atoms with Crippen LogP contribution in [0.5, 0.6) is 0 Å². The molecule has 1 aliphatic rings. The molecule has 0 aliphatic carbocycles. The zero-order chi connectivity index (χ0) is 24.7. The fourth-order valence-corrected chi connectivity index (χ4v) is 5.81. The van der Waals surface area contributed by atoms with Crippen molar-refractivity contribution < 1.29 is 26.0 Å². The number of halogens is 5. The summed E-state index contributed by atoms with van der Waals surface area (Å²) in [5.41, 5.74) is 0.00229. The first-order valence-electron chi connectivity index (χ1n) is 10.3. The molecule has 1 aromatic heterocycles. The van der Waals surface area contributed by atoms with Crippen molar-refractivity contribution in [2.45, 2.75) is 29.7 Å². The summed E-state index contributed by atoms with van der Waals surface area (Å²) in [6.07, 6.45) is -1.82. The van der Waals surface area contributed by atoms with Crippen molar-refractivity contribution in [1.29, 1.82) is 0 Å². The topological polar surface area (TPSA) is 67.2 Å². The number of sulfonamides is 1. The average molecular weight is 517 g/mol. The van der Waals surface area contributed by atoms with Crippen LogP contribution < -0.4 is 5.32 Å². The first-order valence-corrected chi connectivity index (χ1v) is 12.1. The van der Waals surface area contributed by atoms with E-state index in [4.69, 9.17) is 11.6 Å². The van der Waals surface area contributed by atoms with Crippen LogP contribution in [0, 0.1) is 5.82 Å². The van der Waals surface area contributed by atoms with Gasteiger partial charge in [0.1, 0.15) is 5.82 Å². The first kappa shape index (κ1) is 24.6. The fourth-order valence-electron chi connectivity index (χ4n) is 4.05. The van der Waals surface area contributed by atoms with Gasteiger partial charge in [0.2, 0.25) is 0 Å². The molecule has 1 aliphatic heterocycles. The van der Waals surface area contributed by atoms with E-state index in [2.05, 4.69) is 10.3 Å². The standard InChI is InChI=1S/C22H21ClF4N4O2S/c1-30-12-20(29-13-30)34(32,33)31-10-17(14-5-7-16(24)8-6-14)19(11-31)28-9-15-3-2-4-18(21(15)23)22(25,26)27/h2-8,12-13,17,19,28H,9-11H2,1H3/t17-,19+/m0/s1. The fraction of sp³-hybridized carbons (Fsp3) is 0.318. The third kappa shape index (κ3) is 4.97. The van der Waals surface area contributed by atoms with Crippen LogP contribution in [0.15, 0.2) is 60.0 Å². The molecule has 0 spiro atoms. The first-order chi connectivity index (χ1) is 16.0. The van der Waals surface area contributed by atoms with Crippen molar-refractivity contribution in [3.05, 3.63) is 82.5 Å². The molecule has 4 rings (SSSR count). The van der Waals surface area contributed by atoms with Crippen LogP contribution in [0.2, 0.25) is 5.02 Å². The van der Waals surface area contributed by atoms with E-state index in [1.54, 1.807) is 19.2 Å². The van der Waals surface area contributed by atoms with Gasteiger partial charge in [-0.1, -0.05) is 35.9 Å². The van der Waals surface area contributed by atoms with Crippen LogP contribution in [0.3, 0.4) is 0 Å².